The summed E-state index contributed by atoms with van der Waals surface area (Å²) in [7, 11) is 1.83. The average molecular weight is 388 g/mol. The van der Waals surface area contributed by atoms with Crippen molar-refractivity contribution in [3.05, 3.63) is 66.6 Å². The summed E-state index contributed by atoms with van der Waals surface area (Å²) in [6.45, 7) is 0.738. The number of likely N-dealkylation sites (N-methyl/N-ethyl adjacent to an activating group) is 1. The second-order valence-corrected chi connectivity index (χ2v) is 6.75. The van der Waals surface area contributed by atoms with Crippen LogP contribution in [-0.4, -0.2) is 44.6 Å². The Kier molecular flexibility index (Phi) is 5.17. The molecule has 0 unspecified atom stereocenters. The van der Waals surface area contributed by atoms with Gasteiger partial charge in [0, 0.05) is 36.0 Å². The Hall–Kier alpha value is -3.78. The monoisotopic (exact) mass is 388 g/mol. The van der Waals surface area contributed by atoms with E-state index in [0.29, 0.717) is 18.2 Å². The highest BCUT2D eigenvalue weighted by Gasteiger charge is 2.07. The number of hydrogen-bond donors (Lipinski definition) is 2. The Morgan fingerprint density at radius 3 is 2.79 bits per heavy atom. The van der Waals surface area contributed by atoms with Crippen LogP contribution in [0.5, 0.6) is 11.6 Å². The summed E-state index contributed by atoms with van der Waals surface area (Å²) in [4.78, 5) is 21.8. The maximum Gasteiger partial charge on any atom is 0.231 e. The van der Waals surface area contributed by atoms with Crippen molar-refractivity contribution >= 4 is 16.8 Å². The van der Waals surface area contributed by atoms with Crippen molar-refractivity contribution in [1.29, 1.82) is 0 Å². The third-order valence-corrected chi connectivity index (χ3v) is 4.35. The van der Waals surface area contributed by atoms with Gasteiger partial charge in [0.05, 0.1) is 23.4 Å². The van der Waals surface area contributed by atoms with Gasteiger partial charge >= 0.3 is 0 Å². The molecule has 3 aromatic heterocycles. The lowest BCUT2D eigenvalue weighted by Crippen LogP contribution is -2.30. The standard InChI is InChI=1S/C21H20N6O2/c1-27(13-20(22)28)12-16-4-2-14-10-17(5-6-18(14)25-16)29-21-7-3-15(11-23-21)19-8-9-24-26-19/h2-11H,12-13H2,1H3,(H2,22,28)(H,24,26). The van der Waals surface area contributed by atoms with Gasteiger partial charge < -0.3 is 10.5 Å². The predicted octanol–water partition coefficient (Wildman–Crippen LogP) is 2.73. The molecular formula is C21H20N6O2. The maximum atomic E-state index is 11.0. The number of nitrogens with two attached hydrogens (primary N) is 1. The highest BCUT2D eigenvalue weighted by Crippen LogP contribution is 2.25. The Morgan fingerprint density at radius 2 is 2.07 bits per heavy atom. The summed E-state index contributed by atoms with van der Waals surface area (Å²) < 4.78 is 5.87. The molecule has 8 heteroatoms. The van der Waals surface area contributed by atoms with Gasteiger partial charge in [-0.2, -0.15) is 5.10 Å². The molecule has 1 amide bonds. The lowest BCUT2D eigenvalue weighted by Gasteiger charge is -2.14. The molecule has 0 aliphatic carbocycles. The predicted molar refractivity (Wildman–Crippen MR) is 109 cm³/mol. The summed E-state index contributed by atoms with van der Waals surface area (Å²) in [5.41, 5.74) is 8.78. The summed E-state index contributed by atoms with van der Waals surface area (Å²) in [5.74, 6) is 0.825. The molecule has 146 valence electrons. The molecule has 4 rings (SSSR count). The highest BCUT2D eigenvalue weighted by atomic mass is 16.5. The van der Waals surface area contributed by atoms with Crippen molar-refractivity contribution < 1.29 is 9.53 Å². The Bertz CT molecular complexity index is 1130. The number of benzene rings is 1. The summed E-state index contributed by atoms with van der Waals surface area (Å²) in [6.07, 6.45) is 3.43. The van der Waals surface area contributed by atoms with E-state index >= 15 is 0 Å². The lowest BCUT2D eigenvalue weighted by molar-refractivity contribution is -0.118. The Balaban J connectivity index is 1.47. The maximum absolute atomic E-state index is 11.0. The first-order chi connectivity index (χ1) is 14.1. The minimum absolute atomic E-state index is 0.193. The third kappa shape index (κ3) is 4.56. The van der Waals surface area contributed by atoms with E-state index in [9.17, 15) is 4.79 Å². The summed E-state index contributed by atoms with van der Waals surface area (Å²) in [5, 5.41) is 7.80. The van der Waals surface area contributed by atoms with E-state index in [-0.39, 0.29) is 12.5 Å². The Labute approximate surface area is 167 Å². The van der Waals surface area contributed by atoms with Crippen LogP contribution in [0.15, 0.2) is 60.9 Å². The lowest BCUT2D eigenvalue weighted by atomic mass is 10.2. The molecule has 0 saturated carbocycles. The number of amides is 1. The molecule has 8 nitrogen and oxygen atoms in total. The molecule has 0 radical (unpaired) electrons. The first-order valence-corrected chi connectivity index (χ1v) is 9.07. The van der Waals surface area contributed by atoms with Crippen LogP contribution in [0.25, 0.3) is 22.2 Å². The van der Waals surface area contributed by atoms with Crippen molar-refractivity contribution in [2.24, 2.45) is 5.73 Å². The van der Waals surface area contributed by atoms with E-state index in [0.717, 1.165) is 27.9 Å². The van der Waals surface area contributed by atoms with E-state index < -0.39 is 0 Å². The molecule has 0 aliphatic heterocycles. The Morgan fingerprint density at radius 1 is 1.17 bits per heavy atom. The number of pyridine rings is 2. The molecule has 1 aromatic carbocycles. The van der Waals surface area contributed by atoms with Gasteiger partial charge in [-0.1, -0.05) is 6.07 Å². The van der Waals surface area contributed by atoms with Gasteiger partial charge in [0.1, 0.15) is 5.75 Å². The number of carbonyl (C=O) groups excluding carboxylic acids is 1. The van der Waals surface area contributed by atoms with Gasteiger partial charge in [0.15, 0.2) is 0 Å². The number of hydrogen-bond acceptors (Lipinski definition) is 6. The molecule has 4 aromatic rings. The van der Waals surface area contributed by atoms with Crippen molar-refractivity contribution in [3.8, 4) is 22.9 Å². The number of H-pyrrole nitrogens is 1. The molecule has 29 heavy (non-hydrogen) atoms. The number of rotatable bonds is 7. The molecule has 3 heterocycles. The summed E-state index contributed by atoms with van der Waals surface area (Å²) in [6, 6.07) is 15.2. The molecule has 0 fully saturated rings. The zero-order valence-electron chi connectivity index (χ0n) is 15.9. The zero-order chi connectivity index (χ0) is 20.2. The molecule has 0 spiro atoms. The third-order valence-electron chi connectivity index (χ3n) is 4.35. The number of aromatic amines is 1. The molecule has 0 bridgehead atoms. The fraction of sp³-hybridized carbons (Fsp3) is 0.143. The molecular weight excluding hydrogens is 368 g/mol. The van der Waals surface area contributed by atoms with Gasteiger partial charge in [-0.25, -0.2) is 4.98 Å². The zero-order valence-corrected chi connectivity index (χ0v) is 15.9. The average Bonchev–Trinajstić information content (AvgIpc) is 3.23. The molecule has 0 saturated heterocycles. The van der Waals surface area contributed by atoms with Crippen LogP contribution in [0.3, 0.4) is 0 Å². The quantitative estimate of drug-likeness (QED) is 0.504. The molecule has 0 aliphatic rings. The molecule has 3 N–H and O–H groups in total. The number of nitrogens with one attached hydrogen (secondary N) is 1. The minimum Gasteiger partial charge on any atom is -0.439 e. The van der Waals surface area contributed by atoms with Crippen molar-refractivity contribution in [3.63, 3.8) is 0 Å². The second-order valence-electron chi connectivity index (χ2n) is 6.75. The van der Waals surface area contributed by atoms with Gasteiger partial charge in [0.2, 0.25) is 11.8 Å². The fourth-order valence-electron chi connectivity index (χ4n) is 3.03. The largest absolute Gasteiger partial charge is 0.439 e. The van der Waals surface area contributed by atoms with Crippen molar-refractivity contribution in [2.75, 3.05) is 13.6 Å². The van der Waals surface area contributed by atoms with E-state index in [1.807, 2.05) is 60.5 Å². The highest BCUT2D eigenvalue weighted by molar-refractivity contribution is 5.80. The normalized spacial score (nSPS) is 11.1. The van der Waals surface area contributed by atoms with E-state index in [1.54, 1.807) is 12.4 Å². The number of ether oxygens (including phenoxy) is 1. The van der Waals surface area contributed by atoms with Crippen molar-refractivity contribution in [2.45, 2.75) is 6.54 Å². The van der Waals surface area contributed by atoms with Crippen LogP contribution in [-0.2, 0) is 11.3 Å². The van der Waals surface area contributed by atoms with Crippen LogP contribution in [0, 0.1) is 0 Å². The van der Waals surface area contributed by atoms with Crippen LogP contribution in [0.1, 0.15) is 5.69 Å². The smallest absolute Gasteiger partial charge is 0.231 e. The van der Waals surface area contributed by atoms with Gasteiger partial charge in [-0.3, -0.25) is 19.8 Å². The van der Waals surface area contributed by atoms with Crippen LogP contribution in [0.4, 0.5) is 0 Å². The number of nitrogens with zero attached hydrogens (tertiary/aromatic N) is 4. The second kappa shape index (κ2) is 8.07. The first kappa shape index (κ1) is 18.6. The van der Waals surface area contributed by atoms with Crippen LogP contribution < -0.4 is 10.5 Å². The van der Waals surface area contributed by atoms with E-state index in [4.69, 9.17) is 10.5 Å². The number of aromatic nitrogens is 4. The molecule has 0 atom stereocenters. The SMILES string of the molecule is CN(CC(N)=O)Cc1ccc2cc(Oc3ccc(-c4ccn[nH]4)cn3)ccc2n1. The number of primary amides is 1. The van der Waals surface area contributed by atoms with Crippen LogP contribution in [0.2, 0.25) is 0 Å². The number of fused-ring (bicyclic) bond motifs is 1. The topological polar surface area (TPSA) is 110 Å². The van der Waals surface area contributed by atoms with Crippen LogP contribution >= 0.6 is 0 Å². The van der Waals surface area contributed by atoms with Crippen molar-refractivity contribution in [1.82, 2.24) is 25.1 Å². The fourth-order valence-corrected chi connectivity index (χ4v) is 3.03. The first-order valence-electron chi connectivity index (χ1n) is 9.07. The van der Waals surface area contributed by atoms with Gasteiger partial charge in [-0.15, -0.1) is 0 Å². The minimum atomic E-state index is -0.360. The number of carbonyl (C=O) groups is 1. The van der Waals surface area contributed by atoms with Gasteiger partial charge in [0.25, 0.3) is 0 Å². The summed E-state index contributed by atoms with van der Waals surface area (Å²) >= 11 is 0. The van der Waals surface area contributed by atoms with E-state index in [2.05, 4.69) is 20.2 Å². The van der Waals surface area contributed by atoms with E-state index in [1.165, 1.54) is 0 Å². The van der Waals surface area contributed by atoms with Gasteiger partial charge in [-0.05, 0) is 43.4 Å².